The van der Waals surface area contributed by atoms with Gasteiger partial charge in [-0.25, -0.2) is 0 Å². The van der Waals surface area contributed by atoms with Gasteiger partial charge in [-0.05, 0) is 0 Å². The third-order valence-corrected chi connectivity index (χ3v) is 23.3. The van der Waals surface area contributed by atoms with Crippen LogP contribution in [-0.2, 0) is 45.3 Å². The second-order valence-electron chi connectivity index (χ2n) is 6.84. The maximum atomic E-state index is 9.53. The molecule has 0 radical (unpaired) electrons. The molecule has 2 N–H and O–H groups in total. The fourth-order valence-electron chi connectivity index (χ4n) is 3.07. The molecular weight excluding hydrogens is 527 g/mol. The average molecular weight is 565 g/mol. The summed E-state index contributed by atoms with van der Waals surface area (Å²) in [4.78, 5) is 0. The molecule has 0 saturated heterocycles. The molecule has 26 heavy (non-hydrogen) atoms. The molecule has 0 aromatic carbocycles. The van der Waals surface area contributed by atoms with E-state index < -0.39 is 45.6 Å². The summed E-state index contributed by atoms with van der Waals surface area (Å²) in [6.45, 7) is 9.48. The predicted octanol–water partition coefficient (Wildman–Crippen LogP) is 4.97. The van der Waals surface area contributed by atoms with Crippen molar-refractivity contribution in [2.75, 3.05) is 0 Å². The molecule has 0 aliphatic carbocycles. The van der Waals surface area contributed by atoms with Gasteiger partial charge in [-0.15, -0.1) is 0 Å². The molecule has 0 spiro atoms. The Morgan fingerprint density at radius 2 is 0.846 bits per heavy atom. The molecule has 0 aliphatic rings. The van der Waals surface area contributed by atoms with Crippen molar-refractivity contribution in [3.05, 3.63) is 0 Å². The second-order valence-corrected chi connectivity index (χ2v) is 24.9. The number of hydrogen-bond acceptors (Lipinski definition) is 5. The van der Waals surface area contributed by atoms with Crippen molar-refractivity contribution >= 4 is 18.4 Å². The first-order valence-electron chi connectivity index (χ1n) is 9.61. The van der Waals surface area contributed by atoms with Gasteiger partial charge in [0.25, 0.3) is 0 Å². The summed E-state index contributed by atoms with van der Waals surface area (Å²) in [5, 5.41) is 0. The van der Waals surface area contributed by atoms with Crippen molar-refractivity contribution in [3.63, 3.8) is 0 Å². The molecule has 10 heteroatoms. The van der Waals surface area contributed by atoms with E-state index in [9.17, 15) is 15.2 Å². The van der Waals surface area contributed by atoms with Gasteiger partial charge in [0.2, 0.25) is 0 Å². The molecule has 0 aromatic rings. The van der Waals surface area contributed by atoms with Crippen LogP contribution >= 0.6 is 0 Å². The predicted molar refractivity (Wildman–Crippen MR) is 92.9 cm³/mol. The van der Waals surface area contributed by atoms with Crippen LogP contribution in [0.25, 0.3) is 0 Å². The van der Waals surface area contributed by atoms with E-state index in [0.29, 0.717) is 0 Å². The van der Waals surface area contributed by atoms with Crippen molar-refractivity contribution in [2.24, 2.45) is 0 Å². The molecule has 0 rings (SSSR count). The quantitative estimate of drug-likeness (QED) is 0.286. The van der Waals surface area contributed by atoms with Crippen molar-refractivity contribution in [1.29, 1.82) is 0 Å². The van der Waals surface area contributed by atoms with E-state index in [4.69, 9.17) is 8.32 Å². The van der Waals surface area contributed by atoms with Crippen molar-refractivity contribution in [2.45, 2.75) is 96.8 Å². The van der Waals surface area contributed by atoms with Gasteiger partial charge in [-0.3, -0.25) is 0 Å². The van der Waals surface area contributed by atoms with Crippen LogP contribution < -0.4 is 0 Å². The van der Waals surface area contributed by atoms with Crippen LogP contribution in [0, 0.1) is 0 Å². The molecule has 0 atom stereocenters. The SMILES string of the molecule is CCC[CH2][Sn]([CH2]CCC)([CH2]CCC)[CH2]CCC.[O]=[Cr](=[O])([OH])[O][Cr](=[O])(=[O])[OH]. The zero-order valence-corrected chi connectivity index (χ0v) is 22.1. The van der Waals surface area contributed by atoms with Crippen LogP contribution in [0.2, 0.25) is 17.7 Å². The molecular formula is C16H38Cr2O7Sn. The van der Waals surface area contributed by atoms with Crippen LogP contribution in [0.5, 0.6) is 0 Å². The Bertz CT molecular complexity index is 465. The minimum atomic E-state index is -5.76. The first kappa shape index (κ1) is 29.1. The van der Waals surface area contributed by atoms with E-state index in [2.05, 4.69) is 30.5 Å². The standard InChI is InChI=1S/4C4H9.2Cr.2H2O.5O.Sn/c4*1-3-4-2;;;;;;;;;;/h4*1,3-4H2,2H3;;;2*1H2;;;;;;/q;;;;2*+1;;;;;;;;/p-2. The summed E-state index contributed by atoms with van der Waals surface area (Å²) in [5.74, 6) is 0. The molecule has 160 valence electrons. The van der Waals surface area contributed by atoms with Gasteiger partial charge in [0.05, 0.1) is 0 Å². The van der Waals surface area contributed by atoms with Gasteiger partial charge < -0.3 is 0 Å². The fraction of sp³-hybridized carbons (Fsp3) is 1.00. The van der Waals surface area contributed by atoms with Crippen molar-refractivity contribution in [1.82, 2.24) is 0 Å². The topological polar surface area (TPSA) is 118 Å². The van der Waals surface area contributed by atoms with E-state index in [-0.39, 0.29) is 0 Å². The molecule has 0 unspecified atom stereocenters. The van der Waals surface area contributed by atoms with Crippen LogP contribution in [0.4, 0.5) is 0 Å². The third-order valence-electron chi connectivity index (χ3n) is 4.41. The monoisotopic (exact) mass is 566 g/mol. The number of rotatable bonds is 14. The van der Waals surface area contributed by atoms with Gasteiger partial charge in [0, 0.05) is 0 Å². The normalized spacial score (nSPS) is 12.5. The van der Waals surface area contributed by atoms with Crippen LogP contribution in [-0.4, -0.2) is 26.7 Å². The number of unbranched alkanes of at least 4 members (excludes halogenated alkanes) is 4. The van der Waals surface area contributed by atoms with Crippen LogP contribution in [0.3, 0.4) is 0 Å². The summed E-state index contributed by atoms with van der Waals surface area (Å²) >= 11 is -13.2. The van der Waals surface area contributed by atoms with Crippen molar-refractivity contribution in [3.8, 4) is 0 Å². The van der Waals surface area contributed by atoms with Gasteiger partial charge in [-0.1, -0.05) is 0 Å². The Hall–Kier alpha value is 0.944. The Morgan fingerprint density at radius 1 is 0.615 bits per heavy atom. The Kier molecular flexibility index (Phi) is 17.7. The van der Waals surface area contributed by atoms with E-state index in [0.717, 1.165) is 0 Å². The third kappa shape index (κ3) is 19.7. The number of hydrogen-bond donors (Lipinski definition) is 2. The zero-order chi connectivity index (χ0) is 20.7. The Morgan fingerprint density at radius 3 is 0.962 bits per heavy atom. The van der Waals surface area contributed by atoms with E-state index >= 15 is 0 Å². The van der Waals surface area contributed by atoms with Crippen LogP contribution in [0.15, 0.2) is 0 Å². The summed E-state index contributed by atoms with van der Waals surface area (Å²) in [6.07, 6.45) is 11.8. The summed E-state index contributed by atoms with van der Waals surface area (Å²) in [6, 6.07) is 0. The van der Waals surface area contributed by atoms with E-state index in [1.165, 1.54) is 51.4 Å². The first-order chi connectivity index (χ1) is 11.9. The molecule has 7 nitrogen and oxygen atoms in total. The molecule has 0 aromatic heterocycles. The van der Waals surface area contributed by atoms with E-state index in [1.54, 1.807) is 17.7 Å². The van der Waals surface area contributed by atoms with Gasteiger partial charge in [-0.2, -0.15) is 0 Å². The molecule has 0 saturated carbocycles. The molecule has 0 fully saturated rings. The Labute approximate surface area is 167 Å². The van der Waals surface area contributed by atoms with Gasteiger partial charge >= 0.3 is 169 Å². The minimum absolute atomic E-state index is 1.42. The van der Waals surface area contributed by atoms with Crippen molar-refractivity contribution < 1.29 is 53.6 Å². The summed E-state index contributed by atoms with van der Waals surface area (Å²) < 4.78 is 63.1. The fourth-order valence-corrected chi connectivity index (χ4v) is 21.7. The second kappa shape index (κ2) is 15.8. The summed E-state index contributed by atoms with van der Waals surface area (Å²) in [5.41, 5.74) is 0. The Balaban J connectivity index is 0. The average Bonchev–Trinajstić information content (AvgIpc) is 2.50. The maximum absolute atomic E-state index is 9.53. The van der Waals surface area contributed by atoms with Crippen LogP contribution in [0.1, 0.15) is 79.1 Å². The molecule has 0 amide bonds. The van der Waals surface area contributed by atoms with E-state index in [1.807, 2.05) is 0 Å². The van der Waals surface area contributed by atoms with Gasteiger partial charge in [0.15, 0.2) is 0 Å². The summed E-state index contributed by atoms with van der Waals surface area (Å²) in [7, 11) is 0. The molecule has 0 bridgehead atoms. The zero-order valence-electron chi connectivity index (χ0n) is 16.7. The molecule has 0 heterocycles. The first-order valence-corrected chi connectivity index (χ1v) is 21.9. The molecule has 0 aliphatic heterocycles. The van der Waals surface area contributed by atoms with Gasteiger partial charge in [0.1, 0.15) is 0 Å².